The molecule has 0 unspecified atom stereocenters. The first-order chi connectivity index (χ1) is 28.2. The van der Waals surface area contributed by atoms with Crippen LogP contribution in [0.2, 0.25) is 0 Å². The van der Waals surface area contributed by atoms with Crippen molar-refractivity contribution in [2.45, 2.75) is 85.7 Å². The van der Waals surface area contributed by atoms with Crippen molar-refractivity contribution >= 4 is 27.1 Å². The summed E-state index contributed by atoms with van der Waals surface area (Å²) >= 11 is 0. The molecular weight excluding hydrogens is 997 g/mol. The first kappa shape index (κ1) is 51.4. The average Bonchev–Trinajstić information content (AvgIpc) is 3.60. The van der Waals surface area contributed by atoms with E-state index in [9.17, 15) is 25.2 Å². The van der Waals surface area contributed by atoms with Crippen molar-refractivity contribution in [3.63, 3.8) is 0 Å². The number of rotatable bonds is 8. The van der Waals surface area contributed by atoms with Gasteiger partial charge in [0.05, 0.1) is 6.67 Å². The van der Waals surface area contributed by atoms with Gasteiger partial charge in [0.15, 0.2) is 0 Å². The molecule has 0 N–H and O–H groups in total. The maximum Gasteiger partial charge on any atom is 0 e. The third-order valence-corrected chi connectivity index (χ3v) is 12.1. The van der Waals surface area contributed by atoms with E-state index < -0.39 is 7.81 Å². The molecule has 1 aliphatic carbocycles. The summed E-state index contributed by atoms with van der Waals surface area (Å²) < 4.78 is 59.2. The predicted molar refractivity (Wildman–Crippen MR) is 248 cm³/mol. The molecule has 11 heteroatoms. The molecule has 7 rings (SSSR count). The second-order valence-electron chi connectivity index (χ2n) is 15.5. The Bertz CT molecular complexity index is 1950. The van der Waals surface area contributed by atoms with Crippen molar-refractivity contribution in [3.8, 4) is 0 Å². The number of allylic oxidation sites excluding steroid dienone is 4. The molecule has 331 valence electrons. The van der Waals surface area contributed by atoms with E-state index >= 15 is 0 Å². The maximum absolute atomic E-state index is 10.7. The topological polar surface area (TPSA) is 6.48 Å². The predicted octanol–water partition coefficient (Wildman–Crippen LogP) is 17.4. The number of aryl methyl sites for hydroxylation is 6. The van der Waals surface area contributed by atoms with Crippen LogP contribution in [0, 0.1) is 41.5 Å². The zero-order valence-electron chi connectivity index (χ0n) is 36.0. The van der Waals surface area contributed by atoms with E-state index in [1.807, 2.05) is 0 Å². The van der Waals surface area contributed by atoms with Crippen molar-refractivity contribution in [2.24, 2.45) is 0 Å². The summed E-state index contributed by atoms with van der Waals surface area (Å²) in [6.45, 7) is 14.0. The number of hydrogen-bond donors (Lipinski definition) is 0. The standard InChI is InChI=1S/C21H26N2.C21H21P.C8H12.F6P.Ir/c1-14-9-16(3)20(17(4)10-14)22-7-8-23(13-22)21-18(5)11-15(2)12-19(21)6;1-4-10-19(11-5-1)16-22(17-20-12-6-2-7-13-20)18-21-14-8-3-9-15-21;1-2-4-6-8-7-5-3-1;1-7(2,3,4,5)6;/h7-12H,13H2,1-6H3;1-15H,16-18H2;1-2,7-8H,3-6H2;;/q;;;-1;/b;;2-1-,8-7?;;. The molecule has 5 aromatic carbocycles. The monoisotopic (exact) mass is 1060 g/mol. The molecule has 0 bridgehead atoms. The normalized spacial score (nSPS) is 15.0. The van der Waals surface area contributed by atoms with Crippen LogP contribution in [0.1, 0.15) is 75.8 Å². The van der Waals surface area contributed by atoms with Crippen LogP contribution in [-0.4, -0.2) is 6.67 Å². The fraction of sp³-hybridized carbons (Fsp3) is 0.280. The average molecular weight is 1060 g/mol. The van der Waals surface area contributed by atoms with Crippen molar-refractivity contribution in [1.82, 2.24) is 0 Å². The molecule has 0 amide bonds. The molecule has 1 aliphatic heterocycles. The van der Waals surface area contributed by atoms with Crippen LogP contribution < -0.4 is 9.80 Å². The number of nitrogens with zero attached hydrogens (tertiary/aromatic N) is 2. The van der Waals surface area contributed by atoms with Gasteiger partial charge in [-0.15, -0.1) is 0 Å². The molecule has 2 aliphatic rings. The van der Waals surface area contributed by atoms with Crippen LogP contribution in [0.3, 0.4) is 0 Å². The summed E-state index contributed by atoms with van der Waals surface area (Å²) in [6, 6.07) is 41.8. The van der Waals surface area contributed by atoms with Gasteiger partial charge in [0.25, 0.3) is 0 Å². The molecule has 0 atom stereocenters. The second kappa shape index (κ2) is 22.9. The first-order valence-corrected chi connectivity index (χ1v) is 24.2. The van der Waals surface area contributed by atoms with Gasteiger partial charge in [-0.2, -0.15) is 0 Å². The Labute approximate surface area is 374 Å². The minimum Gasteiger partial charge on any atom is -0.0932 e. The van der Waals surface area contributed by atoms with Crippen LogP contribution in [0.5, 0.6) is 0 Å². The van der Waals surface area contributed by atoms with Gasteiger partial charge in [0.2, 0.25) is 0 Å². The number of benzene rings is 5. The number of anilines is 2. The summed E-state index contributed by atoms with van der Waals surface area (Å²) in [5.41, 5.74) is 15.0. The molecule has 0 fully saturated rings. The summed E-state index contributed by atoms with van der Waals surface area (Å²) in [7, 11) is -10.7. The van der Waals surface area contributed by atoms with Crippen LogP contribution in [0.25, 0.3) is 0 Å². The van der Waals surface area contributed by atoms with Gasteiger partial charge in [0, 0.05) is 43.9 Å². The Kier molecular flexibility index (Phi) is 19.3. The second-order valence-corrected chi connectivity index (χ2v) is 19.7. The van der Waals surface area contributed by atoms with E-state index in [-0.39, 0.29) is 28.0 Å². The van der Waals surface area contributed by atoms with E-state index in [2.05, 4.69) is 203 Å². The zero-order valence-corrected chi connectivity index (χ0v) is 40.2. The molecule has 5 aromatic rings. The van der Waals surface area contributed by atoms with Crippen LogP contribution in [-0.2, 0) is 38.6 Å². The molecule has 0 saturated carbocycles. The molecule has 0 saturated heterocycles. The molecule has 0 spiro atoms. The molecule has 1 heterocycles. The third kappa shape index (κ3) is 20.6. The SMILES string of the molecule is C1=CCC/C=C\CC1.Cc1cc(C)c(N2C=CN(c3c(C)cc(C)cc3C)C2)c(C)c1.F[P-](F)(F)(F)(F)F.[Ir].c1ccc(CP(Cc2ccccc2)Cc2ccccc2)cc1. The van der Waals surface area contributed by atoms with Gasteiger partial charge in [-0.1, -0.05) is 159 Å². The smallest absolute Gasteiger partial charge is 0 e. The Morgan fingerprint density at radius 2 is 0.689 bits per heavy atom. The van der Waals surface area contributed by atoms with Crippen molar-refractivity contribution in [3.05, 3.63) is 202 Å². The van der Waals surface area contributed by atoms with Gasteiger partial charge < -0.3 is 9.80 Å². The molecule has 0 aromatic heterocycles. The molecular formula is C50H59F6IrN2P2-. The van der Waals surface area contributed by atoms with Gasteiger partial charge in [-0.3, -0.25) is 0 Å². The van der Waals surface area contributed by atoms with Gasteiger partial charge in [-0.25, -0.2) is 0 Å². The summed E-state index contributed by atoms with van der Waals surface area (Å²) in [5.74, 6) is 0. The maximum atomic E-state index is 9.87. The molecule has 2 nitrogen and oxygen atoms in total. The fourth-order valence-electron chi connectivity index (χ4n) is 7.51. The molecule has 1 radical (unpaired) electrons. The van der Waals surface area contributed by atoms with Crippen LogP contribution in [0.15, 0.2) is 152 Å². The Hall–Kier alpha value is -3.99. The van der Waals surface area contributed by atoms with Gasteiger partial charge in [0.1, 0.15) is 0 Å². The summed E-state index contributed by atoms with van der Waals surface area (Å²) in [6.07, 6.45) is 22.0. The molecule has 61 heavy (non-hydrogen) atoms. The Morgan fingerprint density at radius 1 is 0.443 bits per heavy atom. The zero-order chi connectivity index (χ0) is 43.8. The van der Waals surface area contributed by atoms with Crippen molar-refractivity contribution < 1.29 is 45.3 Å². The van der Waals surface area contributed by atoms with Crippen LogP contribution >= 0.6 is 15.7 Å². The third-order valence-electron chi connectivity index (χ3n) is 9.66. The van der Waals surface area contributed by atoms with E-state index in [0.717, 1.165) is 6.67 Å². The summed E-state index contributed by atoms with van der Waals surface area (Å²) in [4.78, 5) is 4.70. The van der Waals surface area contributed by atoms with E-state index in [4.69, 9.17) is 0 Å². The van der Waals surface area contributed by atoms with Crippen molar-refractivity contribution in [1.29, 1.82) is 0 Å². The minimum absolute atomic E-state index is 0. The number of halogens is 6. The van der Waals surface area contributed by atoms with E-state index in [0.29, 0.717) is 0 Å². The van der Waals surface area contributed by atoms with Gasteiger partial charge >= 0.3 is 33.0 Å². The van der Waals surface area contributed by atoms with E-state index in [1.165, 1.54) is 106 Å². The van der Waals surface area contributed by atoms with Gasteiger partial charge in [-0.05, 0) is 125 Å². The number of hydrogen-bond acceptors (Lipinski definition) is 2. The minimum atomic E-state index is -10.7. The van der Waals surface area contributed by atoms with Crippen molar-refractivity contribution in [2.75, 3.05) is 16.5 Å². The van der Waals surface area contributed by atoms with E-state index in [1.54, 1.807) is 0 Å². The first-order valence-electron chi connectivity index (χ1n) is 20.3. The summed E-state index contributed by atoms with van der Waals surface area (Å²) in [5, 5.41) is 0. The van der Waals surface area contributed by atoms with Crippen LogP contribution in [0.4, 0.5) is 36.6 Å². The fourth-order valence-corrected chi connectivity index (χ4v) is 10.0. The largest absolute Gasteiger partial charge is 0.0932 e. The Balaban J connectivity index is 0.000000242. The Morgan fingerprint density at radius 3 is 0.934 bits per heavy atom. The quantitative estimate of drug-likeness (QED) is 0.0868.